The number of nitrogens with two attached hydrogens (primary N) is 1. The third-order valence-electron chi connectivity index (χ3n) is 2.95. The lowest BCUT2D eigenvalue weighted by atomic mass is 10.1. The van der Waals surface area contributed by atoms with Crippen molar-refractivity contribution < 1.29 is 17.9 Å². The molecule has 21 heavy (non-hydrogen) atoms. The molecule has 1 rings (SSSR count). The summed E-state index contributed by atoms with van der Waals surface area (Å²) < 4.78 is 28.0. The first-order valence-corrected chi connectivity index (χ1v) is 8.13. The number of carbonyl (C=O) groups excluding carboxylic acids is 1. The molecule has 0 fully saturated rings. The lowest BCUT2D eigenvalue weighted by molar-refractivity contribution is -0.129. The van der Waals surface area contributed by atoms with Crippen LogP contribution in [0.1, 0.15) is 19.4 Å². The highest BCUT2D eigenvalue weighted by Crippen LogP contribution is 2.24. The van der Waals surface area contributed by atoms with Gasteiger partial charge in [-0.1, -0.05) is 19.9 Å². The van der Waals surface area contributed by atoms with E-state index in [2.05, 4.69) is 0 Å². The molecule has 0 unspecified atom stereocenters. The number of carbonyl (C=O) groups is 1. The normalized spacial score (nSPS) is 11.5. The molecule has 1 aromatic carbocycles. The van der Waals surface area contributed by atoms with Crippen LogP contribution in [0.2, 0.25) is 0 Å². The van der Waals surface area contributed by atoms with Gasteiger partial charge >= 0.3 is 0 Å². The number of hydrogen-bond donors (Lipinski definition) is 1. The number of hydrogen-bond acceptors (Lipinski definition) is 4. The van der Waals surface area contributed by atoms with Crippen LogP contribution in [0, 0.1) is 5.92 Å². The van der Waals surface area contributed by atoms with Crippen molar-refractivity contribution in [1.82, 2.24) is 4.90 Å². The first-order chi connectivity index (χ1) is 9.65. The number of sulfonamides is 1. The maximum Gasteiger partial charge on any atom is 0.241 e. The molecule has 0 aliphatic carbocycles. The summed E-state index contributed by atoms with van der Waals surface area (Å²) in [5, 5.41) is 5.16. The Labute approximate surface area is 125 Å². The van der Waals surface area contributed by atoms with E-state index < -0.39 is 10.0 Å². The topological polar surface area (TPSA) is 89.7 Å². The van der Waals surface area contributed by atoms with Gasteiger partial charge in [-0.2, -0.15) is 0 Å². The Hall–Kier alpha value is -1.60. The smallest absolute Gasteiger partial charge is 0.241 e. The van der Waals surface area contributed by atoms with E-state index in [4.69, 9.17) is 9.88 Å². The number of nitrogens with zero attached hydrogens (tertiary/aromatic N) is 1. The van der Waals surface area contributed by atoms with Crippen molar-refractivity contribution in [2.45, 2.75) is 25.2 Å². The van der Waals surface area contributed by atoms with E-state index in [0.717, 1.165) is 0 Å². The molecule has 0 saturated heterocycles. The summed E-state index contributed by atoms with van der Waals surface area (Å²) in [6.07, 6.45) is 0.121. The van der Waals surface area contributed by atoms with E-state index in [1.165, 1.54) is 19.2 Å². The van der Waals surface area contributed by atoms with Crippen molar-refractivity contribution in [3.05, 3.63) is 23.8 Å². The fourth-order valence-electron chi connectivity index (χ4n) is 2.01. The van der Waals surface area contributed by atoms with Gasteiger partial charge in [0.1, 0.15) is 10.6 Å². The van der Waals surface area contributed by atoms with Gasteiger partial charge in [0.25, 0.3) is 0 Å². The zero-order valence-corrected chi connectivity index (χ0v) is 13.6. The first kappa shape index (κ1) is 17.5. The van der Waals surface area contributed by atoms with Gasteiger partial charge in [-0.3, -0.25) is 4.79 Å². The van der Waals surface area contributed by atoms with E-state index in [0.29, 0.717) is 18.0 Å². The second-order valence-corrected chi connectivity index (χ2v) is 6.90. The molecule has 7 heteroatoms. The molecule has 6 nitrogen and oxygen atoms in total. The molecule has 0 heterocycles. The van der Waals surface area contributed by atoms with Gasteiger partial charge in [0.2, 0.25) is 15.9 Å². The van der Waals surface area contributed by atoms with E-state index in [-0.39, 0.29) is 23.0 Å². The second kappa shape index (κ2) is 6.91. The summed E-state index contributed by atoms with van der Waals surface area (Å²) in [6, 6.07) is 4.55. The molecule has 1 aromatic rings. The molecule has 0 atom stereocenters. The van der Waals surface area contributed by atoms with Crippen molar-refractivity contribution >= 4 is 15.9 Å². The Morgan fingerprint density at radius 3 is 2.48 bits per heavy atom. The fraction of sp³-hybridized carbons (Fsp3) is 0.500. The maximum atomic E-state index is 12.1. The highest BCUT2D eigenvalue weighted by Gasteiger charge is 2.17. The second-order valence-electron chi connectivity index (χ2n) is 5.38. The molecule has 0 radical (unpaired) electrons. The summed E-state index contributed by atoms with van der Waals surface area (Å²) in [5.41, 5.74) is 0.584. The van der Waals surface area contributed by atoms with Gasteiger partial charge in [-0.15, -0.1) is 0 Å². The predicted molar refractivity (Wildman–Crippen MR) is 80.5 cm³/mol. The number of primary sulfonamides is 1. The third-order valence-corrected chi connectivity index (χ3v) is 3.89. The van der Waals surface area contributed by atoms with Gasteiger partial charge in [0, 0.05) is 13.6 Å². The first-order valence-electron chi connectivity index (χ1n) is 6.58. The maximum absolute atomic E-state index is 12.1. The van der Waals surface area contributed by atoms with Crippen molar-refractivity contribution in [2.75, 3.05) is 20.7 Å². The molecule has 0 bridgehead atoms. The van der Waals surface area contributed by atoms with E-state index in [9.17, 15) is 13.2 Å². The largest absolute Gasteiger partial charge is 0.495 e. The average Bonchev–Trinajstić information content (AvgIpc) is 2.36. The van der Waals surface area contributed by atoms with Crippen LogP contribution >= 0.6 is 0 Å². The van der Waals surface area contributed by atoms with Gasteiger partial charge in [-0.05, 0) is 23.6 Å². The summed E-state index contributed by atoms with van der Waals surface area (Å²) in [4.78, 5) is 13.6. The minimum Gasteiger partial charge on any atom is -0.495 e. The van der Waals surface area contributed by atoms with Crippen molar-refractivity contribution in [3.63, 3.8) is 0 Å². The SMILES string of the molecule is COc1ccc(CC(=O)N(C)CC(C)C)cc1S(N)(=O)=O. The number of amides is 1. The molecular formula is C14H22N2O4S. The lowest BCUT2D eigenvalue weighted by Crippen LogP contribution is -2.31. The molecule has 118 valence electrons. The number of methoxy groups -OCH3 is 1. The van der Waals surface area contributed by atoms with Gasteiger partial charge < -0.3 is 9.64 Å². The molecule has 1 amide bonds. The Balaban J connectivity index is 2.98. The van der Waals surface area contributed by atoms with Crippen LogP contribution in [0.15, 0.2) is 23.1 Å². The van der Waals surface area contributed by atoms with Crippen molar-refractivity contribution in [3.8, 4) is 5.75 Å². The van der Waals surface area contributed by atoms with Gasteiger partial charge in [-0.25, -0.2) is 13.6 Å². The Kier molecular flexibility index (Phi) is 5.74. The highest BCUT2D eigenvalue weighted by molar-refractivity contribution is 7.89. The Bertz CT molecular complexity index is 611. The fourth-order valence-corrected chi connectivity index (χ4v) is 2.76. The molecule has 0 spiro atoms. The van der Waals surface area contributed by atoms with Crippen LogP contribution < -0.4 is 9.88 Å². The predicted octanol–water partition coefficient (Wildman–Crippen LogP) is 1.000. The van der Waals surface area contributed by atoms with E-state index >= 15 is 0 Å². The van der Waals surface area contributed by atoms with E-state index in [1.54, 1.807) is 18.0 Å². The quantitative estimate of drug-likeness (QED) is 0.848. The number of ether oxygens (including phenoxy) is 1. The van der Waals surface area contributed by atoms with Crippen molar-refractivity contribution in [1.29, 1.82) is 0 Å². The number of benzene rings is 1. The minimum absolute atomic E-state index is 0.0748. The van der Waals surface area contributed by atoms with Gasteiger partial charge in [0.15, 0.2) is 0 Å². The monoisotopic (exact) mass is 314 g/mol. The molecule has 2 N–H and O–H groups in total. The highest BCUT2D eigenvalue weighted by atomic mass is 32.2. The summed E-state index contributed by atoms with van der Waals surface area (Å²) >= 11 is 0. The summed E-state index contributed by atoms with van der Waals surface area (Å²) in [7, 11) is -0.798. The third kappa shape index (κ3) is 5.02. The van der Waals surface area contributed by atoms with E-state index in [1.807, 2.05) is 13.8 Å². The van der Waals surface area contributed by atoms with Crippen LogP contribution in [0.5, 0.6) is 5.75 Å². The zero-order valence-electron chi connectivity index (χ0n) is 12.8. The molecular weight excluding hydrogens is 292 g/mol. The number of rotatable bonds is 6. The van der Waals surface area contributed by atoms with Crippen LogP contribution in [0.3, 0.4) is 0 Å². The van der Waals surface area contributed by atoms with Crippen LogP contribution in [0.4, 0.5) is 0 Å². The van der Waals surface area contributed by atoms with Crippen LogP contribution in [-0.4, -0.2) is 39.9 Å². The lowest BCUT2D eigenvalue weighted by Gasteiger charge is -2.19. The Morgan fingerprint density at radius 2 is 2.00 bits per heavy atom. The summed E-state index contributed by atoms with van der Waals surface area (Å²) in [5.74, 6) is 0.466. The van der Waals surface area contributed by atoms with Gasteiger partial charge in [0.05, 0.1) is 13.5 Å². The summed E-state index contributed by atoms with van der Waals surface area (Å²) in [6.45, 7) is 4.70. The standard InChI is InChI=1S/C14H22N2O4S/c1-10(2)9-16(3)14(17)8-11-5-6-12(20-4)13(7-11)21(15,18)19/h5-7,10H,8-9H2,1-4H3,(H2,15,18,19). The van der Waals surface area contributed by atoms with Crippen LogP contribution in [-0.2, 0) is 21.2 Å². The number of likely N-dealkylation sites (N-methyl/N-ethyl adjacent to an activating group) is 1. The van der Waals surface area contributed by atoms with Crippen LogP contribution in [0.25, 0.3) is 0 Å². The van der Waals surface area contributed by atoms with Crippen molar-refractivity contribution in [2.24, 2.45) is 11.1 Å². The molecule has 0 aromatic heterocycles. The molecule has 0 aliphatic rings. The minimum atomic E-state index is -3.89. The molecule has 0 saturated carbocycles. The zero-order chi connectivity index (χ0) is 16.2. The molecule has 0 aliphatic heterocycles. The Morgan fingerprint density at radius 1 is 1.38 bits per heavy atom. The average molecular weight is 314 g/mol.